The number of carbonyl (C=O) groups is 2. The number of thioether (sulfide) groups is 1. The van der Waals surface area contributed by atoms with Gasteiger partial charge in [0.05, 0.1) is 16.7 Å². The van der Waals surface area contributed by atoms with Gasteiger partial charge in [0.25, 0.3) is 5.56 Å². The Kier molecular flexibility index (Phi) is 4.92. The molecule has 3 aromatic rings. The fourth-order valence-corrected chi connectivity index (χ4v) is 3.31. The Hall–Kier alpha value is -2.88. The predicted molar refractivity (Wildman–Crippen MR) is 103 cm³/mol. The van der Waals surface area contributed by atoms with E-state index in [9.17, 15) is 14.4 Å². The first-order valence-electron chi connectivity index (χ1n) is 8.25. The molecule has 0 fully saturated rings. The van der Waals surface area contributed by atoms with Gasteiger partial charge in [-0.15, -0.1) is 10.2 Å². The summed E-state index contributed by atoms with van der Waals surface area (Å²) < 4.78 is 3.14. The Morgan fingerprint density at radius 1 is 1.19 bits per heavy atom. The smallest absolute Gasteiger partial charge is 0.321 e. The van der Waals surface area contributed by atoms with Gasteiger partial charge in [0.15, 0.2) is 5.16 Å². The minimum atomic E-state index is -0.549. The van der Waals surface area contributed by atoms with Crippen LogP contribution >= 0.6 is 11.8 Å². The third-order valence-electron chi connectivity index (χ3n) is 3.67. The van der Waals surface area contributed by atoms with Crippen LogP contribution in [0.15, 0.2) is 34.2 Å². The quantitative estimate of drug-likeness (QED) is 0.655. The Morgan fingerprint density at radius 3 is 2.59 bits per heavy atom. The third-order valence-corrected chi connectivity index (χ3v) is 4.60. The highest BCUT2D eigenvalue weighted by Crippen LogP contribution is 2.20. The van der Waals surface area contributed by atoms with Crippen molar-refractivity contribution in [3.63, 3.8) is 0 Å². The van der Waals surface area contributed by atoms with E-state index in [0.717, 1.165) is 11.8 Å². The van der Waals surface area contributed by atoms with E-state index in [1.54, 1.807) is 29.6 Å². The average Bonchev–Trinajstić information content (AvgIpc) is 3.00. The number of aromatic nitrogens is 4. The summed E-state index contributed by atoms with van der Waals surface area (Å²) in [5.41, 5.74) is 0.0531. The number of hydrogen-bond donors (Lipinski definition) is 2. The molecule has 0 aliphatic rings. The molecule has 0 unspecified atom stereocenters. The molecule has 0 aliphatic heterocycles. The minimum Gasteiger partial charge on any atom is -0.333 e. The number of aryl methyl sites for hydroxylation is 1. The zero-order chi connectivity index (χ0) is 19.8. The molecule has 0 saturated carbocycles. The van der Waals surface area contributed by atoms with Gasteiger partial charge >= 0.3 is 6.03 Å². The van der Waals surface area contributed by atoms with Crippen LogP contribution in [0.2, 0.25) is 0 Å². The van der Waals surface area contributed by atoms with Crippen LogP contribution in [0.4, 0.5) is 4.79 Å². The lowest BCUT2D eigenvalue weighted by molar-refractivity contribution is -0.117. The highest BCUT2D eigenvalue weighted by Gasteiger charge is 2.18. The second-order valence-electron chi connectivity index (χ2n) is 7.04. The zero-order valence-electron chi connectivity index (χ0n) is 15.4. The van der Waals surface area contributed by atoms with Gasteiger partial charge in [-0.1, -0.05) is 23.9 Å². The molecule has 0 aliphatic carbocycles. The molecule has 1 aromatic carbocycles. The first-order valence-corrected chi connectivity index (χ1v) is 9.23. The van der Waals surface area contributed by atoms with Crippen LogP contribution in [0.3, 0.4) is 0 Å². The molecule has 27 heavy (non-hydrogen) atoms. The number of urea groups is 1. The van der Waals surface area contributed by atoms with Crippen molar-refractivity contribution >= 4 is 40.4 Å². The number of fused-ring (bicyclic) bond motifs is 3. The number of imide groups is 1. The van der Waals surface area contributed by atoms with Crippen molar-refractivity contribution in [1.29, 1.82) is 0 Å². The molecule has 0 saturated heterocycles. The Bertz CT molecular complexity index is 1100. The van der Waals surface area contributed by atoms with Crippen molar-refractivity contribution in [2.24, 2.45) is 7.05 Å². The van der Waals surface area contributed by atoms with E-state index in [4.69, 9.17) is 0 Å². The number of amides is 3. The lowest BCUT2D eigenvalue weighted by Crippen LogP contribution is -2.48. The van der Waals surface area contributed by atoms with E-state index >= 15 is 0 Å². The van der Waals surface area contributed by atoms with Gasteiger partial charge in [0.1, 0.15) is 0 Å². The summed E-state index contributed by atoms with van der Waals surface area (Å²) in [6.07, 6.45) is 0. The number of nitrogens with one attached hydrogen (secondary N) is 2. The lowest BCUT2D eigenvalue weighted by Gasteiger charge is -2.20. The number of rotatable bonds is 3. The van der Waals surface area contributed by atoms with E-state index in [1.807, 2.05) is 26.8 Å². The van der Waals surface area contributed by atoms with Crippen molar-refractivity contribution in [2.45, 2.75) is 31.5 Å². The fraction of sp³-hybridized carbons (Fsp3) is 0.353. The summed E-state index contributed by atoms with van der Waals surface area (Å²) in [6.45, 7) is 5.47. The van der Waals surface area contributed by atoms with Crippen LogP contribution in [-0.2, 0) is 11.8 Å². The summed E-state index contributed by atoms with van der Waals surface area (Å²) in [5, 5.41) is 14.1. The number of nitrogens with zero attached hydrogens (tertiary/aromatic N) is 4. The molecule has 2 aromatic heterocycles. The summed E-state index contributed by atoms with van der Waals surface area (Å²) in [5.74, 6) is -0.0880. The van der Waals surface area contributed by atoms with E-state index in [1.165, 1.54) is 4.57 Å². The van der Waals surface area contributed by atoms with Gasteiger partial charge in [0.2, 0.25) is 11.7 Å². The number of carbonyl (C=O) groups excluding carboxylic acids is 2. The fourth-order valence-electron chi connectivity index (χ4n) is 2.57. The average molecular weight is 388 g/mol. The topological polar surface area (TPSA) is 110 Å². The van der Waals surface area contributed by atoms with Crippen molar-refractivity contribution in [1.82, 2.24) is 29.8 Å². The van der Waals surface area contributed by atoms with Crippen molar-refractivity contribution in [3.8, 4) is 0 Å². The van der Waals surface area contributed by atoms with Crippen molar-refractivity contribution in [2.75, 3.05) is 5.75 Å². The molecule has 142 valence electrons. The molecule has 0 atom stereocenters. The molecule has 2 heterocycles. The molecule has 2 N–H and O–H groups in total. The summed E-state index contributed by atoms with van der Waals surface area (Å²) >= 11 is 1.14. The Balaban J connectivity index is 1.83. The third kappa shape index (κ3) is 3.95. The van der Waals surface area contributed by atoms with E-state index < -0.39 is 17.5 Å². The second kappa shape index (κ2) is 7.03. The maximum Gasteiger partial charge on any atom is 0.321 e. The lowest BCUT2D eigenvalue weighted by atomic mass is 10.1. The normalized spacial score (nSPS) is 11.7. The highest BCUT2D eigenvalue weighted by atomic mass is 32.2. The molecule has 9 nitrogen and oxygen atoms in total. The van der Waals surface area contributed by atoms with E-state index in [2.05, 4.69) is 20.8 Å². The molecule has 10 heteroatoms. The van der Waals surface area contributed by atoms with Crippen LogP contribution < -0.4 is 16.2 Å². The van der Waals surface area contributed by atoms with E-state index in [0.29, 0.717) is 21.8 Å². The van der Waals surface area contributed by atoms with E-state index in [-0.39, 0.29) is 11.3 Å². The minimum absolute atomic E-state index is 0.0183. The highest BCUT2D eigenvalue weighted by molar-refractivity contribution is 7.99. The van der Waals surface area contributed by atoms with Crippen LogP contribution in [0.5, 0.6) is 0 Å². The monoisotopic (exact) mass is 388 g/mol. The van der Waals surface area contributed by atoms with Crippen molar-refractivity contribution in [3.05, 3.63) is 34.6 Å². The standard InChI is InChI=1S/C17H20N6O3S/c1-17(2,3)19-14(26)18-12(24)9-27-16-21-20-15-22(4)13(25)10-7-5-6-8-11(10)23(15)16/h5-8H,9H2,1-4H3,(H2,18,19,24,26). The molecule has 0 bridgehead atoms. The maximum atomic E-state index is 12.4. The van der Waals surface area contributed by atoms with Crippen LogP contribution in [0.25, 0.3) is 16.7 Å². The van der Waals surface area contributed by atoms with Crippen molar-refractivity contribution < 1.29 is 9.59 Å². The Labute approximate surface area is 159 Å². The van der Waals surface area contributed by atoms with Gasteiger partial charge in [0, 0.05) is 12.6 Å². The van der Waals surface area contributed by atoms with Crippen LogP contribution in [0.1, 0.15) is 20.8 Å². The zero-order valence-corrected chi connectivity index (χ0v) is 16.3. The second-order valence-corrected chi connectivity index (χ2v) is 7.98. The number of para-hydroxylation sites is 1. The van der Waals surface area contributed by atoms with Gasteiger partial charge in [-0.25, -0.2) is 4.79 Å². The molecule has 3 amide bonds. The molecular formula is C17H20N6O3S. The molecule has 0 spiro atoms. The van der Waals surface area contributed by atoms with Gasteiger partial charge in [-0.2, -0.15) is 0 Å². The SMILES string of the molecule is Cn1c(=O)c2ccccc2n2c(SCC(=O)NC(=O)NC(C)(C)C)nnc12. The first-order chi connectivity index (χ1) is 12.7. The summed E-state index contributed by atoms with van der Waals surface area (Å²) in [7, 11) is 1.62. The maximum absolute atomic E-state index is 12.4. The summed E-state index contributed by atoms with van der Waals surface area (Å²) in [4.78, 5) is 36.2. The molecular weight excluding hydrogens is 368 g/mol. The summed E-state index contributed by atoms with van der Waals surface area (Å²) in [6, 6.07) is 6.59. The van der Waals surface area contributed by atoms with Gasteiger partial charge < -0.3 is 5.32 Å². The number of hydrogen-bond acceptors (Lipinski definition) is 6. The largest absolute Gasteiger partial charge is 0.333 e. The predicted octanol–water partition coefficient (Wildman–Crippen LogP) is 1.30. The molecule has 0 radical (unpaired) electrons. The van der Waals surface area contributed by atoms with Crippen LogP contribution in [0, 0.1) is 0 Å². The number of benzene rings is 1. The van der Waals surface area contributed by atoms with Gasteiger partial charge in [-0.05, 0) is 32.9 Å². The Morgan fingerprint density at radius 2 is 1.89 bits per heavy atom. The van der Waals surface area contributed by atoms with Crippen LogP contribution in [-0.4, -0.2) is 42.4 Å². The van der Waals surface area contributed by atoms with Gasteiger partial charge in [-0.3, -0.25) is 23.9 Å². The first kappa shape index (κ1) is 18.9. The molecule has 3 rings (SSSR count).